The van der Waals surface area contributed by atoms with Gasteiger partial charge in [-0.3, -0.25) is 0 Å². The van der Waals surface area contributed by atoms with Gasteiger partial charge in [0.05, 0.1) is 0 Å². The number of benzene rings is 1. The molecule has 0 spiro atoms. The van der Waals surface area contributed by atoms with Crippen molar-refractivity contribution in [3.63, 3.8) is 0 Å². The minimum atomic E-state index is 0.708. The lowest BCUT2D eigenvalue weighted by Crippen LogP contribution is -2.41. The fourth-order valence-electron chi connectivity index (χ4n) is 4.00. The number of rotatable bonds is 14. The normalized spacial score (nSPS) is 16.5. The van der Waals surface area contributed by atoms with Crippen molar-refractivity contribution in [3.05, 3.63) is 35.9 Å². The number of thioether (sulfide) groups is 1. The second kappa shape index (κ2) is 13.6. The van der Waals surface area contributed by atoms with Crippen LogP contribution in [-0.2, 0) is 5.75 Å². The van der Waals surface area contributed by atoms with E-state index in [1.165, 1.54) is 62.9 Å². The van der Waals surface area contributed by atoms with E-state index in [9.17, 15) is 0 Å². The van der Waals surface area contributed by atoms with E-state index >= 15 is 0 Å². The highest BCUT2D eigenvalue weighted by Gasteiger charge is 2.22. The molecule has 154 valence electrons. The molecule has 0 aromatic heterocycles. The summed E-state index contributed by atoms with van der Waals surface area (Å²) in [5.74, 6) is 4.10. The molecule has 2 rings (SSSR count). The second-order valence-electron chi connectivity index (χ2n) is 8.63. The monoisotopic (exact) mass is 390 g/mol. The van der Waals surface area contributed by atoms with Gasteiger partial charge in [0, 0.05) is 18.3 Å². The lowest BCUT2D eigenvalue weighted by Gasteiger charge is -2.34. The van der Waals surface area contributed by atoms with Gasteiger partial charge in [-0.15, -0.1) is 0 Å². The Morgan fingerprint density at radius 1 is 1.04 bits per heavy atom. The van der Waals surface area contributed by atoms with Crippen molar-refractivity contribution in [2.24, 2.45) is 11.8 Å². The van der Waals surface area contributed by atoms with Gasteiger partial charge in [-0.2, -0.15) is 11.8 Å². The molecule has 1 fully saturated rings. The molecule has 0 amide bonds. The van der Waals surface area contributed by atoms with E-state index in [0.29, 0.717) is 6.04 Å². The molecule has 1 aromatic carbocycles. The van der Waals surface area contributed by atoms with E-state index in [2.05, 4.69) is 73.1 Å². The maximum Gasteiger partial charge on any atom is 0.0184 e. The van der Waals surface area contributed by atoms with Crippen molar-refractivity contribution >= 4 is 11.8 Å². The molecular formula is C24H42N2S. The predicted molar refractivity (Wildman–Crippen MR) is 123 cm³/mol. The Bertz CT molecular complexity index is 471. The summed E-state index contributed by atoms with van der Waals surface area (Å²) >= 11 is 2.05. The summed E-state index contributed by atoms with van der Waals surface area (Å²) in [5, 5.41) is 3.66. The summed E-state index contributed by atoms with van der Waals surface area (Å²) < 4.78 is 0. The van der Waals surface area contributed by atoms with Gasteiger partial charge in [-0.1, -0.05) is 57.0 Å². The molecule has 1 aromatic rings. The number of nitrogens with one attached hydrogen (secondary N) is 1. The van der Waals surface area contributed by atoms with Crippen LogP contribution in [0.25, 0.3) is 0 Å². The molecule has 1 N–H and O–H groups in total. The lowest BCUT2D eigenvalue weighted by molar-refractivity contribution is 0.142. The third-order valence-corrected chi connectivity index (χ3v) is 7.18. The average molecular weight is 391 g/mol. The first-order chi connectivity index (χ1) is 13.2. The van der Waals surface area contributed by atoms with Gasteiger partial charge in [-0.05, 0) is 75.4 Å². The molecule has 2 nitrogen and oxygen atoms in total. The molecule has 0 aliphatic heterocycles. The fraction of sp³-hybridized carbons (Fsp3) is 0.750. The second-order valence-corrected chi connectivity index (χ2v) is 9.73. The predicted octanol–water partition coefficient (Wildman–Crippen LogP) is 5.83. The SMILES string of the molecule is CC(C)C(C)N(CCCNCCCSCc1ccccc1)CC1CCCC1. The number of hydrogen-bond acceptors (Lipinski definition) is 3. The third-order valence-electron chi connectivity index (χ3n) is 6.06. The first-order valence-corrected chi connectivity index (χ1v) is 12.4. The Balaban J connectivity index is 1.51. The number of nitrogens with zero attached hydrogens (tertiary/aromatic N) is 1. The van der Waals surface area contributed by atoms with Gasteiger partial charge in [0.1, 0.15) is 0 Å². The van der Waals surface area contributed by atoms with E-state index in [4.69, 9.17) is 0 Å². The van der Waals surface area contributed by atoms with Crippen LogP contribution in [-0.4, -0.2) is 42.9 Å². The van der Waals surface area contributed by atoms with Crippen molar-refractivity contribution in [2.75, 3.05) is 31.9 Å². The molecular weight excluding hydrogens is 348 g/mol. The average Bonchev–Trinajstić information content (AvgIpc) is 3.19. The van der Waals surface area contributed by atoms with Crippen LogP contribution in [0, 0.1) is 11.8 Å². The summed E-state index contributed by atoms with van der Waals surface area (Å²) in [6.07, 6.45) is 8.38. The van der Waals surface area contributed by atoms with Gasteiger partial charge in [-0.25, -0.2) is 0 Å². The zero-order chi connectivity index (χ0) is 19.3. The highest BCUT2D eigenvalue weighted by atomic mass is 32.2. The van der Waals surface area contributed by atoms with Crippen molar-refractivity contribution in [3.8, 4) is 0 Å². The van der Waals surface area contributed by atoms with Crippen LogP contribution in [0.5, 0.6) is 0 Å². The Morgan fingerprint density at radius 2 is 1.74 bits per heavy atom. The van der Waals surface area contributed by atoms with Gasteiger partial charge >= 0.3 is 0 Å². The maximum atomic E-state index is 3.66. The Kier molecular flexibility index (Phi) is 11.5. The summed E-state index contributed by atoms with van der Waals surface area (Å²) in [6, 6.07) is 11.5. The largest absolute Gasteiger partial charge is 0.317 e. The maximum absolute atomic E-state index is 3.66. The zero-order valence-corrected chi connectivity index (χ0v) is 18.8. The van der Waals surface area contributed by atoms with Gasteiger partial charge in [0.25, 0.3) is 0 Å². The summed E-state index contributed by atoms with van der Waals surface area (Å²) in [6.45, 7) is 12.1. The molecule has 1 saturated carbocycles. The van der Waals surface area contributed by atoms with E-state index in [0.717, 1.165) is 30.7 Å². The third kappa shape index (κ3) is 9.49. The summed E-state index contributed by atoms with van der Waals surface area (Å²) in [4.78, 5) is 2.78. The standard InChI is InChI=1S/C24H42N2S/c1-21(2)22(3)26(19-23-11-7-8-12-23)17-9-15-25-16-10-18-27-20-24-13-5-4-6-14-24/h4-6,13-14,21-23,25H,7-12,15-20H2,1-3H3. The molecule has 0 radical (unpaired) electrons. The van der Waals surface area contributed by atoms with Crippen LogP contribution < -0.4 is 5.32 Å². The minimum Gasteiger partial charge on any atom is -0.317 e. The Morgan fingerprint density at radius 3 is 2.44 bits per heavy atom. The molecule has 1 aliphatic carbocycles. The van der Waals surface area contributed by atoms with E-state index in [1.807, 2.05) is 0 Å². The van der Waals surface area contributed by atoms with E-state index in [1.54, 1.807) is 0 Å². The highest BCUT2D eigenvalue weighted by Crippen LogP contribution is 2.27. The first kappa shape index (κ1) is 22.8. The topological polar surface area (TPSA) is 15.3 Å². The molecule has 1 atom stereocenters. The number of hydrogen-bond donors (Lipinski definition) is 1. The van der Waals surface area contributed by atoms with Crippen LogP contribution in [0.3, 0.4) is 0 Å². The quantitative estimate of drug-likeness (QED) is 0.403. The van der Waals surface area contributed by atoms with Crippen molar-refractivity contribution in [1.29, 1.82) is 0 Å². The molecule has 3 heteroatoms. The van der Waals surface area contributed by atoms with Crippen LogP contribution in [0.4, 0.5) is 0 Å². The van der Waals surface area contributed by atoms with Crippen LogP contribution >= 0.6 is 11.8 Å². The molecule has 27 heavy (non-hydrogen) atoms. The molecule has 0 bridgehead atoms. The smallest absolute Gasteiger partial charge is 0.0184 e. The van der Waals surface area contributed by atoms with Crippen LogP contribution in [0.15, 0.2) is 30.3 Å². The van der Waals surface area contributed by atoms with Gasteiger partial charge < -0.3 is 10.2 Å². The highest BCUT2D eigenvalue weighted by molar-refractivity contribution is 7.98. The molecule has 1 aliphatic rings. The Labute approximate surface area is 172 Å². The zero-order valence-electron chi connectivity index (χ0n) is 18.0. The minimum absolute atomic E-state index is 0.708. The lowest BCUT2D eigenvalue weighted by atomic mass is 10.0. The van der Waals surface area contributed by atoms with E-state index in [-0.39, 0.29) is 0 Å². The first-order valence-electron chi connectivity index (χ1n) is 11.2. The van der Waals surface area contributed by atoms with Crippen molar-refractivity contribution in [2.45, 2.75) is 71.1 Å². The van der Waals surface area contributed by atoms with E-state index < -0.39 is 0 Å². The van der Waals surface area contributed by atoms with Crippen molar-refractivity contribution in [1.82, 2.24) is 10.2 Å². The van der Waals surface area contributed by atoms with Gasteiger partial charge in [0.2, 0.25) is 0 Å². The molecule has 0 saturated heterocycles. The van der Waals surface area contributed by atoms with Gasteiger partial charge in [0.15, 0.2) is 0 Å². The summed E-state index contributed by atoms with van der Waals surface area (Å²) in [7, 11) is 0. The molecule has 0 heterocycles. The van der Waals surface area contributed by atoms with Crippen LogP contribution in [0.1, 0.15) is 64.9 Å². The Hall–Kier alpha value is -0.510. The van der Waals surface area contributed by atoms with Crippen LogP contribution in [0.2, 0.25) is 0 Å². The van der Waals surface area contributed by atoms with Crippen molar-refractivity contribution < 1.29 is 0 Å². The fourth-order valence-corrected chi connectivity index (χ4v) is 4.92. The summed E-state index contributed by atoms with van der Waals surface area (Å²) in [5.41, 5.74) is 1.44. The molecule has 1 unspecified atom stereocenters.